The molecule has 1 aromatic rings. The number of hydrogen-bond acceptors (Lipinski definition) is 3. The minimum Gasteiger partial charge on any atom is -0.481 e. The zero-order valence-corrected chi connectivity index (χ0v) is 12.1. The lowest BCUT2D eigenvalue weighted by molar-refractivity contribution is -0.177. The fourth-order valence-corrected chi connectivity index (χ4v) is 2.64. The molecular formula is C15H16F3NO4. The van der Waals surface area contributed by atoms with Gasteiger partial charge in [-0.25, -0.2) is 0 Å². The van der Waals surface area contributed by atoms with Crippen molar-refractivity contribution in [3.8, 4) is 0 Å². The van der Waals surface area contributed by atoms with E-state index in [0.717, 1.165) is 5.56 Å². The zero-order chi connectivity index (χ0) is 17.0. The lowest BCUT2D eigenvalue weighted by atomic mass is 9.89. The molecule has 1 heterocycles. The number of nitrogens with zero attached hydrogens (tertiary/aromatic N) is 1. The van der Waals surface area contributed by atoms with Gasteiger partial charge in [-0.3, -0.25) is 9.59 Å². The molecule has 0 unspecified atom stereocenters. The molecule has 1 saturated heterocycles. The van der Waals surface area contributed by atoms with Gasteiger partial charge in [0.15, 0.2) is 0 Å². The Hall–Kier alpha value is -2.09. The van der Waals surface area contributed by atoms with Crippen molar-refractivity contribution in [3.05, 3.63) is 35.9 Å². The average Bonchev–Trinajstić information content (AvgIpc) is 2.92. The highest BCUT2D eigenvalue weighted by Crippen LogP contribution is 2.32. The number of carbonyl (C=O) groups excluding carboxylic acids is 1. The van der Waals surface area contributed by atoms with Gasteiger partial charge in [-0.05, 0) is 5.56 Å². The molecule has 0 bridgehead atoms. The van der Waals surface area contributed by atoms with E-state index >= 15 is 0 Å². The van der Waals surface area contributed by atoms with Gasteiger partial charge in [-0.1, -0.05) is 30.3 Å². The summed E-state index contributed by atoms with van der Waals surface area (Å²) in [5, 5.41) is 9.31. The molecule has 8 heteroatoms. The summed E-state index contributed by atoms with van der Waals surface area (Å²) in [6, 6.07) is 8.88. The number of halogens is 3. The minimum absolute atomic E-state index is 0.0386. The maximum absolute atomic E-state index is 12.0. The molecule has 1 N–H and O–H groups in total. The van der Waals surface area contributed by atoms with E-state index in [2.05, 4.69) is 4.74 Å². The molecule has 126 valence electrons. The Morgan fingerprint density at radius 1 is 1.22 bits per heavy atom. The van der Waals surface area contributed by atoms with E-state index in [1.54, 1.807) is 30.3 Å². The molecule has 0 aromatic heterocycles. The van der Waals surface area contributed by atoms with Crippen LogP contribution in [0.3, 0.4) is 0 Å². The topological polar surface area (TPSA) is 66.8 Å². The Morgan fingerprint density at radius 2 is 1.87 bits per heavy atom. The van der Waals surface area contributed by atoms with Gasteiger partial charge < -0.3 is 14.7 Å². The SMILES string of the molecule is O=C(O)[C@@H]1CN(C(=O)COCC(F)(F)F)C[C@@H]1c1ccccc1. The number of benzene rings is 1. The van der Waals surface area contributed by atoms with Gasteiger partial charge in [0.2, 0.25) is 5.91 Å². The van der Waals surface area contributed by atoms with Crippen LogP contribution < -0.4 is 0 Å². The number of amides is 1. The monoisotopic (exact) mass is 331 g/mol. The van der Waals surface area contributed by atoms with Gasteiger partial charge in [0.05, 0.1) is 5.92 Å². The predicted octanol–water partition coefficient (Wildman–Crippen LogP) is 1.89. The third kappa shape index (κ3) is 4.69. The molecule has 2 rings (SSSR count). The Morgan fingerprint density at radius 3 is 2.43 bits per heavy atom. The van der Waals surface area contributed by atoms with Crippen molar-refractivity contribution in [1.82, 2.24) is 4.90 Å². The van der Waals surface area contributed by atoms with Crippen LogP contribution >= 0.6 is 0 Å². The van der Waals surface area contributed by atoms with Gasteiger partial charge >= 0.3 is 12.1 Å². The summed E-state index contributed by atoms with van der Waals surface area (Å²) in [4.78, 5) is 24.5. The molecular weight excluding hydrogens is 315 g/mol. The largest absolute Gasteiger partial charge is 0.481 e. The molecule has 1 fully saturated rings. The lowest BCUT2D eigenvalue weighted by Gasteiger charge is -2.17. The number of alkyl halides is 3. The molecule has 0 spiro atoms. The van der Waals surface area contributed by atoms with Crippen LogP contribution in [0.25, 0.3) is 0 Å². The molecule has 0 radical (unpaired) electrons. The molecule has 1 aliphatic heterocycles. The number of carbonyl (C=O) groups is 2. The normalized spacial score (nSPS) is 21.4. The molecule has 1 amide bonds. The molecule has 2 atom stereocenters. The maximum Gasteiger partial charge on any atom is 0.411 e. The number of aliphatic carboxylic acids is 1. The summed E-state index contributed by atoms with van der Waals surface area (Å²) >= 11 is 0. The van der Waals surface area contributed by atoms with E-state index in [4.69, 9.17) is 0 Å². The summed E-state index contributed by atoms with van der Waals surface area (Å²) in [6.07, 6.45) is -4.50. The van der Waals surface area contributed by atoms with Crippen molar-refractivity contribution >= 4 is 11.9 Å². The number of rotatable bonds is 5. The van der Waals surface area contributed by atoms with Gasteiger partial charge in [-0.2, -0.15) is 13.2 Å². The van der Waals surface area contributed by atoms with E-state index in [-0.39, 0.29) is 19.0 Å². The second kappa shape index (κ2) is 6.99. The first-order chi connectivity index (χ1) is 10.8. The highest BCUT2D eigenvalue weighted by molar-refractivity contribution is 5.80. The lowest BCUT2D eigenvalue weighted by Crippen LogP contribution is -2.34. The molecule has 1 aliphatic rings. The Labute approximate surface area is 130 Å². The van der Waals surface area contributed by atoms with Crippen LogP contribution in [0.5, 0.6) is 0 Å². The second-order valence-electron chi connectivity index (χ2n) is 5.37. The van der Waals surface area contributed by atoms with Crippen molar-refractivity contribution in [2.45, 2.75) is 12.1 Å². The first-order valence-electron chi connectivity index (χ1n) is 6.98. The van der Waals surface area contributed by atoms with Crippen molar-refractivity contribution in [1.29, 1.82) is 0 Å². The van der Waals surface area contributed by atoms with Crippen molar-refractivity contribution in [3.63, 3.8) is 0 Å². The van der Waals surface area contributed by atoms with Crippen LogP contribution in [0.1, 0.15) is 11.5 Å². The Kier molecular flexibility index (Phi) is 5.25. The quantitative estimate of drug-likeness (QED) is 0.895. The summed E-state index contributed by atoms with van der Waals surface area (Å²) < 4.78 is 40.4. The molecule has 5 nitrogen and oxygen atoms in total. The highest BCUT2D eigenvalue weighted by Gasteiger charge is 2.40. The second-order valence-corrected chi connectivity index (χ2v) is 5.37. The summed E-state index contributed by atoms with van der Waals surface area (Å²) in [5.74, 6) is -2.85. The Balaban J connectivity index is 2.00. The van der Waals surface area contributed by atoms with Crippen molar-refractivity contribution < 1.29 is 32.6 Å². The van der Waals surface area contributed by atoms with E-state index in [1.165, 1.54) is 4.90 Å². The van der Waals surface area contributed by atoms with E-state index < -0.39 is 37.2 Å². The Bertz CT molecular complexity index is 562. The van der Waals surface area contributed by atoms with Crippen LogP contribution in [-0.4, -0.2) is 54.4 Å². The van der Waals surface area contributed by atoms with Crippen LogP contribution in [0.4, 0.5) is 13.2 Å². The van der Waals surface area contributed by atoms with Crippen LogP contribution in [0.2, 0.25) is 0 Å². The molecule has 23 heavy (non-hydrogen) atoms. The van der Waals surface area contributed by atoms with Crippen molar-refractivity contribution in [2.75, 3.05) is 26.3 Å². The van der Waals surface area contributed by atoms with E-state index in [0.29, 0.717) is 0 Å². The smallest absolute Gasteiger partial charge is 0.411 e. The van der Waals surface area contributed by atoms with E-state index in [9.17, 15) is 27.9 Å². The number of hydrogen-bond donors (Lipinski definition) is 1. The van der Waals surface area contributed by atoms with E-state index in [1.807, 2.05) is 0 Å². The number of carboxylic acid groups (broad SMARTS) is 1. The molecule has 0 aliphatic carbocycles. The van der Waals surface area contributed by atoms with Crippen LogP contribution in [0, 0.1) is 5.92 Å². The third-order valence-electron chi connectivity index (χ3n) is 3.71. The minimum atomic E-state index is -4.50. The maximum atomic E-state index is 12.0. The van der Waals surface area contributed by atoms with Crippen molar-refractivity contribution in [2.24, 2.45) is 5.92 Å². The number of ether oxygens (including phenoxy) is 1. The van der Waals surface area contributed by atoms with Crippen LogP contribution in [0.15, 0.2) is 30.3 Å². The van der Waals surface area contributed by atoms with Gasteiger partial charge in [0.1, 0.15) is 13.2 Å². The number of likely N-dealkylation sites (tertiary alicyclic amines) is 1. The predicted molar refractivity (Wildman–Crippen MR) is 73.8 cm³/mol. The van der Waals surface area contributed by atoms with Crippen LogP contribution in [-0.2, 0) is 14.3 Å². The molecule has 0 saturated carbocycles. The fourth-order valence-electron chi connectivity index (χ4n) is 2.64. The summed E-state index contributed by atoms with van der Waals surface area (Å²) in [5.41, 5.74) is 0.784. The average molecular weight is 331 g/mol. The van der Waals surface area contributed by atoms with Gasteiger partial charge in [0.25, 0.3) is 0 Å². The molecule has 1 aromatic carbocycles. The fraction of sp³-hybridized carbons (Fsp3) is 0.467. The first-order valence-corrected chi connectivity index (χ1v) is 6.98. The first kappa shape index (κ1) is 17.3. The van der Waals surface area contributed by atoms with Gasteiger partial charge in [-0.15, -0.1) is 0 Å². The summed E-state index contributed by atoms with van der Waals surface area (Å²) in [7, 11) is 0. The number of carboxylic acids is 1. The zero-order valence-electron chi connectivity index (χ0n) is 12.1. The standard InChI is InChI=1S/C15H16F3NO4/c16-15(17,18)9-23-8-13(20)19-6-11(12(7-19)14(21)22)10-4-2-1-3-5-10/h1-5,11-12H,6-9H2,(H,21,22)/t11-,12-/m1/s1. The third-order valence-corrected chi connectivity index (χ3v) is 3.71. The highest BCUT2D eigenvalue weighted by atomic mass is 19.4. The summed E-state index contributed by atoms with van der Waals surface area (Å²) in [6.45, 7) is -2.11. The van der Waals surface area contributed by atoms with Gasteiger partial charge in [0, 0.05) is 19.0 Å².